The zero-order valence-electron chi connectivity index (χ0n) is 17.5. The van der Waals surface area contributed by atoms with Crippen molar-refractivity contribution in [2.24, 2.45) is 5.10 Å². The molecule has 9 heteroatoms. The number of hydrogen-bond donors (Lipinski definition) is 1. The van der Waals surface area contributed by atoms with Crippen LogP contribution in [-0.2, 0) is 6.54 Å². The number of rotatable bonds is 7. The number of hydrazone groups is 1. The summed E-state index contributed by atoms with van der Waals surface area (Å²) in [6.45, 7) is 0.335. The van der Waals surface area contributed by atoms with Gasteiger partial charge in [0.25, 0.3) is 5.91 Å². The van der Waals surface area contributed by atoms with Gasteiger partial charge >= 0.3 is 5.24 Å². The molecule has 4 rings (SSSR count). The maximum atomic E-state index is 12.4. The highest BCUT2D eigenvalue weighted by atomic mass is 32.2. The molecule has 2 aromatic carbocycles. The summed E-state index contributed by atoms with van der Waals surface area (Å²) in [5.74, 6) is 1.60. The van der Waals surface area contributed by atoms with Gasteiger partial charge in [-0.05, 0) is 47.3 Å². The van der Waals surface area contributed by atoms with Crippen molar-refractivity contribution >= 4 is 45.6 Å². The molecule has 0 bridgehead atoms. The SMILES string of the molecule is COc1ccc(C2=NN(Cc3ccc(NC(=O)c4cccs4)cc3)C(=O)SC2)cc1OC. The number of benzene rings is 2. The molecule has 7 nitrogen and oxygen atoms in total. The van der Waals surface area contributed by atoms with Crippen molar-refractivity contribution in [3.63, 3.8) is 0 Å². The van der Waals surface area contributed by atoms with Crippen LogP contribution < -0.4 is 14.8 Å². The number of hydrogen-bond acceptors (Lipinski definition) is 7. The van der Waals surface area contributed by atoms with Crippen LogP contribution in [0.3, 0.4) is 0 Å². The molecule has 2 heterocycles. The number of thioether (sulfide) groups is 1. The minimum atomic E-state index is -0.139. The second-order valence-electron chi connectivity index (χ2n) is 6.86. The highest BCUT2D eigenvalue weighted by molar-refractivity contribution is 8.14. The van der Waals surface area contributed by atoms with Crippen LogP contribution in [0.25, 0.3) is 0 Å². The molecule has 0 unspecified atom stereocenters. The Kier molecular flexibility index (Phi) is 6.77. The summed E-state index contributed by atoms with van der Waals surface area (Å²) in [7, 11) is 3.17. The average Bonchev–Trinajstić information content (AvgIpc) is 3.36. The van der Waals surface area contributed by atoms with E-state index >= 15 is 0 Å². The average molecular weight is 468 g/mol. The minimum absolute atomic E-state index is 0.107. The Morgan fingerprint density at radius 3 is 2.56 bits per heavy atom. The second kappa shape index (κ2) is 9.88. The molecule has 0 atom stereocenters. The fourth-order valence-corrected chi connectivity index (χ4v) is 4.50. The van der Waals surface area contributed by atoms with Gasteiger partial charge in [-0.2, -0.15) is 5.10 Å². The van der Waals surface area contributed by atoms with Crippen LogP contribution in [-0.4, -0.2) is 41.8 Å². The summed E-state index contributed by atoms with van der Waals surface area (Å²) in [6, 6.07) is 16.6. The van der Waals surface area contributed by atoms with E-state index in [0.717, 1.165) is 16.8 Å². The van der Waals surface area contributed by atoms with Crippen molar-refractivity contribution in [1.82, 2.24) is 5.01 Å². The lowest BCUT2D eigenvalue weighted by Crippen LogP contribution is -2.29. The first kappa shape index (κ1) is 21.9. The Bertz CT molecular complexity index is 1140. The van der Waals surface area contributed by atoms with Crippen molar-refractivity contribution in [3.8, 4) is 11.5 Å². The van der Waals surface area contributed by atoms with E-state index in [0.29, 0.717) is 34.4 Å². The topological polar surface area (TPSA) is 80.2 Å². The lowest BCUT2D eigenvalue weighted by Gasteiger charge is -2.23. The molecule has 1 aromatic heterocycles. The Hall–Kier alpha value is -3.30. The number of carbonyl (C=O) groups excluding carboxylic acids is 2. The normalized spacial score (nSPS) is 13.5. The minimum Gasteiger partial charge on any atom is -0.493 e. The molecule has 3 aromatic rings. The highest BCUT2D eigenvalue weighted by Crippen LogP contribution is 2.30. The molecule has 1 aliphatic heterocycles. The van der Waals surface area contributed by atoms with Gasteiger partial charge in [-0.25, -0.2) is 5.01 Å². The smallest absolute Gasteiger partial charge is 0.302 e. The summed E-state index contributed by atoms with van der Waals surface area (Å²) in [5, 5.41) is 10.7. The van der Waals surface area contributed by atoms with E-state index in [-0.39, 0.29) is 11.1 Å². The Morgan fingerprint density at radius 1 is 1.09 bits per heavy atom. The van der Waals surface area contributed by atoms with Gasteiger partial charge in [-0.1, -0.05) is 30.0 Å². The number of amides is 2. The molecule has 2 amide bonds. The molecule has 0 aliphatic carbocycles. The Labute approximate surface area is 194 Å². The third kappa shape index (κ3) is 4.95. The van der Waals surface area contributed by atoms with E-state index in [1.54, 1.807) is 20.3 Å². The zero-order valence-corrected chi connectivity index (χ0v) is 19.2. The summed E-state index contributed by atoms with van der Waals surface area (Å²) < 4.78 is 10.7. The van der Waals surface area contributed by atoms with Crippen LogP contribution in [0.2, 0.25) is 0 Å². The van der Waals surface area contributed by atoms with Gasteiger partial charge in [0, 0.05) is 17.0 Å². The third-order valence-corrected chi connectivity index (χ3v) is 6.53. The molecule has 1 aliphatic rings. The van der Waals surface area contributed by atoms with Crippen LogP contribution in [0.15, 0.2) is 65.1 Å². The van der Waals surface area contributed by atoms with E-state index in [1.807, 2.05) is 53.9 Å². The molecule has 0 saturated carbocycles. The molecule has 164 valence electrons. The van der Waals surface area contributed by atoms with E-state index in [1.165, 1.54) is 28.1 Å². The summed E-state index contributed by atoms with van der Waals surface area (Å²) in [5.41, 5.74) is 3.26. The number of ether oxygens (including phenoxy) is 2. The molecular weight excluding hydrogens is 446 g/mol. The van der Waals surface area contributed by atoms with Crippen LogP contribution in [0.4, 0.5) is 10.5 Å². The van der Waals surface area contributed by atoms with Crippen molar-refractivity contribution < 1.29 is 19.1 Å². The van der Waals surface area contributed by atoms with Gasteiger partial charge in [0.15, 0.2) is 11.5 Å². The van der Waals surface area contributed by atoms with Crippen LogP contribution in [0.1, 0.15) is 20.8 Å². The Balaban J connectivity index is 1.47. The standard InChI is InChI=1S/C23H21N3O4S2/c1-29-19-10-7-16(12-20(19)30-2)18-14-32-23(28)26(25-18)13-15-5-8-17(9-6-15)24-22(27)21-4-3-11-31-21/h3-12H,13-14H2,1-2H3,(H,24,27). The second-order valence-corrected chi connectivity index (χ2v) is 8.73. The molecule has 0 radical (unpaired) electrons. The van der Waals surface area contributed by atoms with E-state index in [4.69, 9.17) is 9.47 Å². The maximum absolute atomic E-state index is 12.4. The largest absolute Gasteiger partial charge is 0.493 e. The number of thiophene rings is 1. The van der Waals surface area contributed by atoms with E-state index < -0.39 is 0 Å². The van der Waals surface area contributed by atoms with Crippen molar-refractivity contribution in [3.05, 3.63) is 76.0 Å². The predicted molar refractivity (Wildman–Crippen MR) is 128 cm³/mol. The van der Waals surface area contributed by atoms with E-state index in [9.17, 15) is 9.59 Å². The zero-order chi connectivity index (χ0) is 22.5. The van der Waals surface area contributed by atoms with Crippen molar-refractivity contribution in [2.45, 2.75) is 6.54 Å². The molecule has 0 saturated heterocycles. The Morgan fingerprint density at radius 2 is 1.88 bits per heavy atom. The summed E-state index contributed by atoms with van der Waals surface area (Å²) >= 11 is 2.60. The summed E-state index contributed by atoms with van der Waals surface area (Å²) in [4.78, 5) is 25.3. The molecular formula is C23H21N3O4S2. The van der Waals surface area contributed by atoms with Crippen molar-refractivity contribution in [2.75, 3.05) is 25.3 Å². The fraction of sp³-hybridized carbons (Fsp3) is 0.174. The lowest BCUT2D eigenvalue weighted by atomic mass is 10.1. The number of anilines is 1. The van der Waals surface area contributed by atoms with Gasteiger partial charge in [-0.3, -0.25) is 9.59 Å². The van der Waals surface area contributed by atoms with Gasteiger partial charge in [-0.15, -0.1) is 11.3 Å². The number of nitrogens with zero attached hydrogens (tertiary/aromatic N) is 2. The van der Waals surface area contributed by atoms with Gasteiger partial charge in [0.2, 0.25) is 0 Å². The highest BCUT2D eigenvalue weighted by Gasteiger charge is 2.23. The van der Waals surface area contributed by atoms with Crippen LogP contribution in [0.5, 0.6) is 11.5 Å². The first-order valence-electron chi connectivity index (χ1n) is 9.75. The lowest BCUT2D eigenvalue weighted by molar-refractivity contribution is 0.103. The predicted octanol–water partition coefficient (Wildman–Crippen LogP) is 5.09. The van der Waals surface area contributed by atoms with Gasteiger partial charge < -0.3 is 14.8 Å². The summed E-state index contributed by atoms with van der Waals surface area (Å²) in [6.07, 6.45) is 0. The van der Waals surface area contributed by atoms with Crippen LogP contribution >= 0.6 is 23.1 Å². The monoisotopic (exact) mass is 467 g/mol. The molecule has 0 fully saturated rings. The fourth-order valence-electron chi connectivity index (χ4n) is 3.14. The van der Waals surface area contributed by atoms with Crippen LogP contribution in [0, 0.1) is 0 Å². The molecule has 1 N–H and O–H groups in total. The molecule has 32 heavy (non-hydrogen) atoms. The van der Waals surface area contributed by atoms with Gasteiger partial charge in [0.05, 0.1) is 31.4 Å². The first-order chi connectivity index (χ1) is 15.6. The third-order valence-electron chi connectivity index (χ3n) is 4.79. The number of methoxy groups -OCH3 is 2. The first-order valence-corrected chi connectivity index (χ1v) is 11.6. The molecule has 0 spiro atoms. The quantitative estimate of drug-likeness (QED) is 0.524. The van der Waals surface area contributed by atoms with E-state index in [2.05, 4.69) is 10.4 Å². The van der Waals surface area contributed by atoms with Crippen molar-refractivity contribution in [1.29, 1.82) is 0 Å². The number of carbonyl (C=O) groups is 2. The van der Waals surface area contributed by atoms with Gasteiger partial charge in [0.1, 0.15) is 0 Å². The number of nitrogens with one attached hydrogen (secondary N) is 1. The maximum Gasteiger partial charge on any atom is 0.302 e.